The highest BCUT2D eigenvalue weighted by molar-refractivity contribution is 6.30. The van der Waals surface area contributed by atoms with Gasteiger partial charge in [0, 0.05) is 18.5 Å². The van der Waals surface area contributed by atoms with Crippen molar-refractivity contribution in [1.29, 1.82) is 0 Å². The summed E-state index contributed by atoms with van der Waals surface area (Å²) in [5.41, 5.74) is 8.76. The third-order valence-electron chi connectivity index (χ3n) is 3.35. The number of halogens is 2. The molecule has 2 rings (SSSR count). The summed E-state index contributed by atoms with van der Waals surface area (Å²) in [4.78, 5) is 0. The first kappa shape index (κ1) is 14.0. The van der Waals surface area contributed by atoms with Crippen LogP contribution in [0.4, 0.5) is 4.39 Å². The van der Waals surface area contributed by atoms with E-state index in [1.165, 1.54) is 12.1 Å². The molecule has 19 heavy (non-hydrogen) atoms. The number of nitrogens with zero attached hydrogens (tertiary/aromatic N) is 2. The SMILES string of the molecule is Cc1nn(C)c(Cl)c1CC(CN)c1ccc(F)cc1. The highest BCUT2D eigenvalue weighted by Gasteiger charge is 2.17. The molecule has 0 aliphatic heterocycles. The first-order chi connectivity index (χ1) is 9.02. The van der Waals surface area contributed by atoms with Crippen molar-refractivity contribution in [3.8, 4) is 0 Å². The van der Waals surface area contributed by atoms with Gasteiger partial charge >= 0.3 is 0 Å². The average molecular weight is 282 g/mol. The maximum Gasteiger partial charge on any atom is 0.130 e. The zero-order chi connectivity index (χ0) is 14.0. The molecule has 0 saturated carbocycles. The molecule has 0 fully saturated rings. The van der Waals surface area contributed by atoms with Crippen molar-refractivity contribution in [3.05, 3.63) is 52.1 Å². The lowest BCUT2D eigenvalue weighted by Gasteiger charge is -2.15. The highest BCUT2D eigenvalue weighted by Crippen LogP contribution is 2.26. The van der Waals surface area contributed by atoms with Crippen LogP contribution in [0.5, 0.6) is 0 Å². The number of benzene rings is 1. The smallest absolute Gasteiger partial charge is 0.130 e. The van der Waals surface area contributed by atoms with Gasteiger partial charge in [0.05, 0.1) is 5.69 Å². The Morgan fingerprint density at radius 1 is 1.37 bits per heavy atom. The Balaban J connectivity index is 2.26. The van der Waals surface area contributed by atoms with Crippen molar-refractivity contribution in [3.63, 3.8) is 0 Å². The summed E-state index contributed by atoms with van der Waals surface area (Å²) in [6.07, 6.45) is 0.709. The molecule has 0 saturated heterocycles. The monoisotopic (exact) mass is 281 g/mol. The topological polar surface area (TPSA) is 43.8 Å². The molecule has 3 nitrogen and oxygen atoms in total. The maximum atomic E-state index is 12.9. The number of hydrogen-bond donors (Lipinski definition) is 1. The zero-order valence-corrected chi connectivity index (χ0v) is 11.8. The van der Waals surface area contributed by atoms with Gasteiger partial charge in [0.25, 0.3) is 0 Å². The molecule has 2 aromatic rings. The molecule has 1 aromatic heterocycles. The minimum Gasteiger partial charge on any atom is -0.330 e. The number of aryl methyl sites for hydroxylation is 2. The number of hydrogen-bond acceptors (Lipinski definition) is 2. The van der Waals surface area contributed by atoms with Gasteiger partial charge in [0.15, 0.2) is 0 Å². The number of rotatable bonds is 4. The molecule has 102 valence electrons. The van der Waals surface area contributed by atoms with Crippen molar-refractivity contribution in [2.24, 2.45) is 12.8 Å². The van der Waals surface area contributed by atoms with Gasteiger partial charge in [-0.25, -0.2) is 4.39 Å². The van der Waals surface area contributed by atoms with E-state index < -0.39 is 0 Å². The Morgan fingerprint density at radius 3 is 2.47 bits per heavy atom. The molecule has 1 unspecified atom stereocenters. The van der Waals surface area contributed by atoms with E-state index in [9.17, 15) is 4.39 Å². The first-order valence-corrected chi connectivity index (χ1v) is 6.54. The van der Waals surface area contributed by atoms with E-state index in [4.69, 9.17) is 17.3 Å². The molecule has 0 amide bonds. The van der Waals surface area contributed by atoms with Gasteiger partial charge < -0.3 is 5.73 Å². The molecule has 1 aromatic carbocycles. The normalized spacial score (nSPS) is 12.7. The van der Waals surface area contributed by atoms with Gasteiger partial charge in [-0.15, -0.1) is 0 Å². The number of aromatic nitrogens is 2. The van der Waals surface area contributed by atoms with Crippen molar-refractivity contribution < 1.29 is 4.39 Å². The first-order valence-electron chi connectivity index (χ1n) is 6.16. The van der Waals surface area contributed by atoms with Crippen LogP contribution in [-0.2, 0) is 13.5 Å². The third-order valence-corrected chi connectivity index (χ3v) is 3.82. The molecular formula is C14H17ClFN3. The lowest BCUT2D eigenvalue weighted by atomic mass is 9.92. The van der Waals surface area contributed by atoms with Crippen LogP contribution in [0.1, 0.15) is 22.7 Å². The molecule has 0 bridgehead atoms. The summed E-state index contributed by atoms with van der Waals surface area (Å²) in [5, 5.41) is 4.93. The summed E-state index contributed by atoms with van der Waals surface area (Å²) in [5.74, 6) is -0.129. The van der Waals surface area contributed by atoms with E-state index in [0.717, 1.165) is 16.8 Å². The standard InChI is InChI=1S/C14H17ClFN3/c1-9-13(14(15)19(2)18-9)7-11(8-17)10-3-5-12(16)6-4-10/h3-6,11H,7-8,17H2,1-2H3. The van der Waals surface area contributed by atoms with Crippen LogP contribution < -0.4 is 5.73 Å². The van der Waals surface area contributed by atoms with E-state index >= 15 is 0 Å². The van der Waals surface area contributed by atoms with Crippen molar-refractivity contribution in [1.82, 2.24) is 9.78 Å². The van der Waals surface area contributed by atoms with Gasteiger partial charge in [0.1, 0.15) is 11.0 Å². The lowest BCUT2D eigenvalue weighted by molar-refractivity contribution is 0.623. The number of nitrogens with two attached hydrogens (primary N) is 1. The van der Waals surface area contributed by atoms with Crippen LogP contribution >= 0.6 is 11.6 Å². The predicted molar refractivity (Wildman–Crippen MR) is 74.9 cm³/mol. The summed E-state index contributed by atoms with van der Waals surface area (Å²) < 4.78 is 14.6. The van der Waals surface area contributed by atoms with Crippen LogP contribution in [0.25, 0.3) is 0 Å². The van der Waals surface area contributed by atoms with Crippen LogP contribution in [-0.4, -0.2) is 16.3 Å². The van der Waals surface area contributed by atoms with E-state index in [1.54, 1.807) is 16.8 Å². The fourth-order valence-electron chi connectivity index (χ4n) is 2.22. The summed E-state index contributed by atoms with van der Waals surface area (Å²) in [6.45, 7) is 2.41. The Hall–Kier alpha value is -1.39. The van der Waals surface area contributed by atoms with Gasteiger partial charge in [-0.05, 0) is 37.6 Å². The highest BCUT2D eigenvalue weighted by atomic mass is 35.5. The van der Waals surface area contributed by atoms with Crippen LogP contribution in [0, 0.1) is 12.7 Å². The fourth-order valence-corrected chi connectivity index (χ4v) is 2.48. The van der Waals surface area contributed by atoms with Crippen molar-refractivity contribution in [2.75, 3.05) is 6.54 Å². The molecule has 0 radical (unpaired) electrons. The zero-order valence-electron chi connectivity index (χ0n) is 11.0. The molecule has 0 aliphatic rings. The van der Waals surface area contributed by atoms with Gasteiger partial charge in [-0.3, -0.25) is 4.68 Å². The third kappa shape index (κ3) is 2.96. The lowest BCUT2D eigenvalue weighted by Crippen LogP contribution is -2.15. The minimum absolute atomic E-state index is 0.112. The largest absolute Gasteiger partial charge is 0.330 e. The van der Waals surface area contributed by atoms with Gasteiger partial charge in [-0.1, -0.05) is 23.7 Å². The molecular weight excluding hydrogens is 265 g/mol. The quantitative estimate of drug-likeness (QED) is 0.936. The predicted octanol–water partition coefficient (Wildman–Crippen LogP) is 2.81. The van der Waals surface area contributed by atoms with Crippen molar-refractivity contribution >= 4 is 11.6 Å². The molecule has 0 aliphatic carbocycles. The summed E-state index contributed by atoms with van der Waals surface area (Å²) in [7, 11) is 1.81. The second kappa shape index (κ2) is 5.72. The Morgan fingerprint density at radius 2 is 2.00 bits per heavy atom. The second-order valence-corrected chi connectivity index (χ2v) is 5.02. The van der Waals surface area contributed by atoms with Gasteiger partial charge in [-0.2, -0.15) is 5.10 Å². The average Bonchev–Trinajstić information content (AvgIpc) is 2.63. The van der Waals surface area contributed by atoms with Crippen molar-refractivity contribution in [2.45, 2.75) is 19.3 Å². The van der Waals surface area contributed by atoms with Crippen LogP contribution in [0.15, 0.2) is 24.3 Å². The summed E-state index contributed by atoms with van der Waals surface area (Å²) in [6, 6.07) is 6.45. The Labute approximate surface area is 117 Å². The maximum absolute atomic E-state index is 12.9. The van der Waals surface area contributed by atoms with E-state index in [2.05, 4.69) is 5.10 Å². The van der Waals surface area contributed by atoms with E-state index in [0.29, 0.717) is 18.1 Å². The Kier molecular flexibility index (Phi) is 4.22. The molecule has 2 N–H and O–H groups in total. The second-order valence-electron chi connectivity index (χ2n) is 4.67. The molecule has 1 heterocycles. The van der Waals surface area contributed by atoms with Crippen LogP contribution in [0.3, 0.4) is 0 Å². The van der Waals surface area contributed by atoms with E-state index in [1.807, 2.05) is 14.0 Å². The van der Waals surface area contributed by atoms with E-state index in [-0.39, 0.29) is 11.7 Å². The van der Waals surface area contributed by atoms with Gasteiger partial charge in [0.2, 0.25) is 0 Å². The van der Waals surface area contributed by atoms with Crippen LogP contribution in [0.2, 0.25) is 5.15 Å². The minimum atomic E-state index is -0.241. The molecule has 0 spiro atoms. The Bertz CT molecular complexity index is 563. The summed E-state index contributed by atoms with van der Waals surface area (Å²) >= 11 is 6.23. The molecule has 1 atom stereocenters. The fraction of sp³-hybridized carbons (Fsp3) is 0.357. The molecule has 5 heteroatoms.